The molecule has 0 fully saturated rings. The predicted molar refractivity (Wildman–Crippen MR) is 70.2 cm³/mol. The molecule has 2 aromatic rings. The molecular formula is C10H14N6O2S. The fourth-order valence-corrected chi connectivity index (χ4v) is 2.16. The molecule has 0 saturated heterocycles. The van der Waals surface area contributed by atoms with Crippen LogP contribution in [0, 0.1) is 0 Å². The topological polar surface area (TPSA) is 113 Å². The summed E-state index contributed by atoms with van der Waals surface area (Å²) in [6.07, 6.45) is 6.40. The summed E-state index contributed by atoms with van der Waals surface area (Å²) in [6.45, 7) is 2.75. The fourth-order valence-electron chi connectivity index (χ4n) is 1.29. The van der Waals surface area contributed by atoms with Crippen LogP contribution in [0.3, 0.4) is 0 Å². The van der Waals surface area contributed by atoms with Crippen molar-refractivity contribution in [2.45, 2.75) is 18.2 Å². The fraction of sp³-hybridized carbons (Fsp3) is 0.300. The number of hydrogen-bond acceptors (Lipinski definition) is 6. The van der Waals surface area contributed by atoms with Crippen LogP contribution in [-0.2, 0) is 10.0 Å². The van der Waals surface area contributed by atoms with Crippen LogP contribution in [0.5, 0.6) is 0 Å². The number of rotatable bonds is 6. The lowest BCUT2D eigenvalue weighted by molar-refractivity contribution is 0.600. The van der Waals surface area contributed by atoms with Gasteiger partial charge >= 0.3 is 0 Å². The van der Waals surface area contributed by atoms with Crippen molar-refractivity contribution in [3.63, 3.8) is 0 Å². The monoisotopic (exact) mass is 282 g/mol. The van der Waals surface area contributed by atoms with Gasteiger partial charge in [0.2, 0.25) is 11.9 Å². The first-order chi connectivity index (χ1) is 9.12. The van der Waals surface area contributed by atoms with Crippen molar-refractivity contribution >= 4 is 21.9 Å². The Balaban J connectivity index is 2.12. The Bertz CT molecular complexity index is 608. The normalized spacial score (nSPS) is 11.2. The molecule has 9 heteroatoms. The highest BCUT2D eigenvalue weighted by Gasteiger charge is 2.16. The third kappa shape index (κ3) is 3.41. The lowest BCUT2D eigenvalue weighted by atomic mass is 10.5. The van der Waals surface area contributed by atoms with E-state index in [0.29, 0.717) is 5.95 Å². The second-order valence-electron chi connectivity index (χ2n) is 3.71. The van der Waals surface area contributed by atoms with Gasteiger partial charge in [-0.3, -0.25) is 0 Å². The first-order valence-corrected chi connectivity index (χ1v) is 7.18. The molecule has 102 valence electrons. The minimum Gasteiger partial charge on any atom is -0.354 e. The first-order valence-electron chi connectivity index (χ1n) is 5.70. The molecule has 0 spiro atoms. The second kappa shape index (κ2) is 5.65. The van der Waals surface area contributed by atoms with Gasteiger partial charge in [0.25, 0.3) is 10.0 Å². The minimum atomic E-state index is -3.72. The van der Waals surface area contributed by atoms with Gasteiger partial charge in [0, 0.05) is 18.9 Å². The van der Waals surface area contributed by atoms with E-state index in [-0.39, 0.29) is 10.8 Å². The molecule has 0 atom stereocenters. The lowest BCUT2D eigenvalue weighted by Crippen LogP contribution is -2.15. The van der Waals surface area contributed by atoms with E-state index < -0.39 is 10.0 Å². The number of nitrogens with one attached hydrogen (secondary N) is 3. The Hall–Kier alpha value is -2.16. The van der Waals surface area contributed by atoms with Crippen molar-refractivity contribution in [3.05, 3.63) is 24.8 Å². The van der Waals surface area contributed by atoms with Gasteiger partial charge in [-0.15, -0.1) is 0 Å². The third-order valence-electron chi connectivity index (χ3n) is 2.20. The molecule has 3 N–H and O–H groups in total. The maximum Gasteiger partial charge on any atom is 0.267 e. The van der Waals surface area contributed by atoms with Gasteiger partial charge in [0.05, 0.1) is 12.4 Å². The number of aromatic nitrogens is 4. The standard InChI is InChI=1S/C10H14N6O2S/c1-2-3-11-9-14-6-8(7-15-9)19(17,18)16-10-12-4-5-13-10/h4-7H,2-3H2,1H3,(H,11,14,15)(H2,12,13,16). The molecule has 0 aliphatic rings. The molecule has 2 aromatic heterocycles. The summed E-state index contributed by atoms with van der Waals surface area (Å²) in [5.41, 5.74) is 0. The number of sulfonamides is 1. The van der Waals surface area contributed by atoms with E-state index in [1.165, 1.54) is 24.8 Å². The third-order valence-corrected chi connectivity index (χ3v) is 3.49. The Kier molecular flexibility index (Phi) is 3.95. The van der Waals surface area contributed by atoms with Crippen molar-refractivity contribution in [3.8, 4) is 0 Å². The van der Waals surface area contributed by atoms with Gasteiger partial charge < -0.3 is 10.3 Å². The van der Waals surface area contributed by atoms with Crippen LogP contribution in [-0.4, -0.2) is 34.9 Å². The average molecular weight is 282 g/mol. The predicted octanol–water partition coefficient (Wildman–Crippen LogP) is 0.822. The summed E-state index contributed by atoms with van der Waals surface area (Å²) in [5.74, 6) is 0.548. The van der Waals surface area contributed by atoms with Crippen LogP contribution in [0.25, 0.3) is 0 Å². The van der Waals surface area contributed by atoms with Crippen molar-refractivity contribution in [1.29, 1.82) is 0 Å². The highest BCUT2D eigenvalue weighted by molar-refractivity contribution is 7.92. The highest BCUT2D eigenvalue weighted by Crippen LogP contribution is 2.11. The van der Waals surface area contributed by atoms with Crippen LogP contribution in [0.4, 0.5) is 11.9 Å². The molecule has 0 saturated carbocycles. The van der Waals surface area contributed by atoms with E-state index >= 15 is 0 Å². The molecular weight excluding hydrogens is 268 g/mol. The van der Waals surface area contributed by atoms with Gasteiger partial charge in [0.1, 0.15) is 4.90 Å². The van der Waals surface area contributed by atoms with Gasteiger partial charge in [0.15, 0.2) is 0 Å². The maximum absolute atomic E-state index is 12.0. The van der Waals surface area contributed by atoms with Crippen molar-refractivity contribution < 1.29 is 8.42 Å². The van der Waals surface area contributed by atoms with E-state index in [1.54, 1.807) is 0 Å². The molecule has 2 rings (SSSR count). The van der Waals surface area contributed by atoms with Gasteiger partial charge in [-0.2, -0.15) is 0 Å². The zero-order valence-electron chi connectivity index (χ0n) is 10.3. The quantitative estimate of drug-likeness (QED) is 0.723. The molecule has 8 nitrogen and oxygen atoms in total. The van der Waals surface area contributed by atoms with Gasteiger partial charge in [-0.05, 0) is 6.42 Å². The van der Waals surface area contributed by atoms with E-state index in [2.05, 4.69) is 30.0 Å². The van der Waals surface area contributed by atoms with Crippen LogP contribution < -0.4 is 10.0 Å². The van der Waals surface area contributed by atoms with Crippen molar-refractivity contribution in [2.24, 2.45) is 0 Å². The summed E-state index contributed by atoms with van der Waals surface area (Å²) in [4.78, 5) is 14.3. The summed E-state index contributed by atoms with van der Waals surface area (Å²) in [6, 6.07) is 0. The molecule has 0 unspecified atom stereocenters. The first kappa shape index (κ1) is 13.3. The summed E-state index contributed by atoms with van der Waals surface area (Å²) >= 11 is 0. The van der Waals surface area contributed by atoms with Crippen LogP contribution in [0.2, 0.25) is 0 Å². The number of imidazole rings is 1. The number of hydrogen-bond donors (Lipinski definition) is 3. The van der Waals surface area contributed by atoms with Crippen LogP contribution >= 0.6 is 0 Å². The van der Waals surface area contributed by atoms with E-state index in [4.69, 9.17) is 0 Å². The van der Waals surface area contributed by atoms with Gasteiger partial charge in [-0.25, -0.2) is 28.1 Å². The highest BCUT2D eigenvalue weighted by atomic mass is 32.2. The van der Waals surface area contributed by atoms with Crippen LogP contribution in [0.15, 0.2) is 29.7 Å². The van der Waals surface area contributed by atoms with Crippen molar-refractivity contribution in [1.82, 2.24) is 19.9 Å². The summed E-state index contributed by atoms with van der Waals surface area (Å²) in [7, 11) is -3.72. The Morgan fingerprint density at radius 1 is 1.26 bits per heavy atom. The molecule has 0 aliphatic carbocycles. The smallest absolute Gasteiger partial charge is 0.267 e. The Morgan fingerprint density at radius 3 is 2.58 bits per heavy atom. The number of nitrogens with zero attached hydrogens (tertiary/aromatic N) is 3. The number of anilines is 2. The summed E-state index contributed by atoms with van der Waals surface area (Å²) < 4.78 is 26.2. The minimum absolute atomic E-state index is 0.0223. The van der Waals surface area contributed by atoms with Gasteiger partial charge in [-0.1, -0.05) is 6.92 Å². The lowest BCUT2D eigenvalue weighted by Gasteiger charge is -2.06. The number of aromatic amines is 1. The summed E-state index contributed by atoms with van der Waals surface area (Å²) in [5, 5.41) is 2.96. The molecule has 0 amide bonds. The molecule has 19 heavy (non-hydrogen) atoms. The molecule has 0 aliphatic heterocycles. The largest absolute Gasteiger partial charge is 0.354 e. The average Bonchev–Trinajstić information content (AvgIpc) is 2.89. The molecule has 0 bridgehead atoms. The van der Waals surface area contributed by atoms with E-state index in [0.717, 1.165) is 13.0 Å². The Labute approximate surface area is 110 Å². The zero-order valence-corrected chi connectivity index (χ0v) is 11.1. The number of H-pyrrole nitrogens is 1. The molecule has 0 aromatic carbocycles. The van der Waals surface area contributed by atoms with Crippen molar-refractivity contribution in [2.75, 3.05) is 16.6 Å². The maximum atomic E-state index is 12.0. The Morgan fingerprint density at radius 2 is 2.00 bits per heavy atom. The zero-order chi connectivity index (χ0) is 13.7. The second-order valence-corrected chi connectivity index (χ2v) is 5.39. The molecule has 0 radical (unpaired) electrons. The van der Waals surface area contributed by atoms with E-state index in [9.17, 15) is 8.42 Å². The SMILES string of the molecule is CCCNc1ncc(S(=O)(=O)Nc2ncc[nH]2)cn1. The van der Waals surface area contributed by atoms with Crippen LogP contribution in [0.1, 0.15) is 13.3 Å². The molecule has 2 heterocycles. The van der Waals surface area contributed by atoms with E-state index in [1.807, 2.05) is 6.92 Å².